The molecule has 0 heterocycles. The molecule has 0 spiro atoms. The Balaban J connectivity index is 3.02. The van der Waals surface area contributed by atoms with Gasteiger partial charge in [-0.25, -0.2) is 0 Å². The number of ether oxygens (including phenoxy) is 2. The van der Waals surface area contributed by atoms with E-state index < -0.39 is 6.10 Å². The lowest BCUT2D eigenvalue weighted by atomic mass is 10.1. The first-order chi connectivity index (χ1) is 8.58. The molecule has 0 aliphatic heterocycles. The number of hydrogen-bond donors (Lipinski definition) is 0. The first kappa shape index (κ1) is 14.0. The lowest BCUT2D eigenvalue weighted by Gasteiger charge is -2.19. The molecule has 2 atom stereocenters. The first-order valence-corrected chi connectivity index (χ1v) is 5.76. The standard InChI is InChI=1S/C15H18O3/c1-5-11(3)17-15-10-8-7-9-13(15)14(6-2)18-12(4)16/h5-11,14H,1-2H2,3-4H3. The van der Waals surface area contributed by atoms with Crippen molar-refractivity contribution >= 4 is 5.97 Å². The molecule has 0 saturated heterocycles. The van der Waals surface area contributed by atoms with Crippen LogP contribution in [-0.4, -0.2) is 12.1 Å². The van der Waals surface area contributed by atoms with E-state index in [1.54, 1.807) is 12.2 Å². The molecule has 18 heavy (non-hydrogen) atoms. The van der Waals surface area contributed by atoms with E-state index in [1.807, 2.05) is 31.2 Å². The van der Waals surface area contributed by atoms with E-state index >= 15 is 0 Å². The van der Waals surface area contributed by atoms with E-state index in [1.165, 1.54) is 6.92 Å². The van der Waals surface area contributed by atoms with Gasteiger partial charge in [0.15, 0.2) is 0 Å². The minimum absolute atomic E-state index is 0.117. The SMILES string of the molecule is C=CC(C)Oc1ccccc1C(C=C)OC(C)=O. The molecule has 0 N–H and O–H groups in total. The highest BCUT2D eigenvalue weighted by Gasteiger charge is 2.16. The summed E-state index contributed by atoms with van der Waals surface area (Å²) >= 11 is 0. The largest absolute Gasteiger partial charge is 0.486 e. The van der Waals surface area contributed by atoms with E-state index in [0.29, 0.717) is 5.75 Å². The zero-order chi connectivity index (χ0) is 13.5. The number of para-hydroxylation sites is 1. The molecular formula is C15H18O3. The minimum Gasteiger partial charge on any atom is -0.486 e. The first-order valence-electron chi connectivity index (χ1n) is 5.76. The van der Waals surface area contributed by atoms with Gasteiger partial charge < -0.3 is 9.47 Å². The van der Waals surface area contributed by atoms with Crippen LogP contribution in [0.4, 0.5) is 0 Å². The predicted molar refractivity (Wildman–Crippen MR) is 71.4 cm³/mol. The number of benzene rings is 1. The summed E-state index contributed by atoms with van der Waals surface area (Å²) in [5, 5.41) is 0. The van der Waals surface area contributed by atoms with Crippen molar-refractivity contribution in [2.45, 2.75) is 26.1 Å². The second-order valence-corrected chi connectivity index (χ2v) is 3.86. The Morgan fingerprint density at radius 2 is 1.94 bits per heavy atom. The molecule has 0 radical (unpaired) electrons. The maximum atomic E-state index is 11.0. The van der Waals surface area contributed by atoms with Crippen molar-refractivity contribution in [3.05, 3.63) is 55.1 Å². The van der Waals surface area contributed by atoms with Gasteiger partial charge in [0, 0.05) is 12.5 Å². The molecule has 1 rings (SSSR count). The fraction of sp³-hybridized carbons (Fsp3) is 0.267. The van der Waals surface area contributed by atoms with Crippen LogP contribution in [0.25, 0.3) is 0 Å². The van der Waals surface area contributed by atoms with Crippen molar-refractivity contribution in [1.29, 1.82) is 0 Å². The van der Waals surface area contributed by atoms with Crippen molar-refractivity contribution in [3.8, 4) is 5.75 Å². The third-order valence-corrected chi connectivity index (χ3v) is 2.38. The summed E-state index contributed by atoms with van der Waals surface area (Å²) in [5.74, 6) is 0.308. The van der Waals surface area contributed by atoms with Gasteiger partial charge in [-0.15, -0.1) is 0 Å². The maximum absolute atomic E-state index is 11.0. The Labute approximate surface area is 108 Å². The van der Waals surface area contributed by atoms with Crippen LogP contribution in [0.2, 0.25) is 0 Å². The van der Waals surface area contributed by atoms with Gasteiger partial charge in [0.05, 0.1) is 0 Å². The van der Waals surface area contributed by atoms with Crippen LogP contribution in [-0.2, 0) is 9.53 Å². The normalized spacial score (nSPS) is 13.2. The second kappa shape index (κ2) is 6.64. The fourth-order valence-electron chi connectivity index (χ4n) is 1.49. The molecule has 0 fully saturated rings. The number of carbonyl (C=O) groups is 1. The van der Waals surface area contributed by atoms with Gasteiger partial charge in [-0.2, -0.15) is 0 Å². The van der Waals surface area contributed by atoms with Crippen LogP contribution < -0.4 is 4.74 Å². The lowest BCUT2D eigenvalue weighted by molar-refractivity contribution is -0.144. The van der Waals surface area contributed by atoms with Crippen molar-refractivity contribution in [2.24, 2.45) is 0 Å². The predicted octanol–water partition coefficient (Wildman–Crippen LogP) is 3.43. The molecule has 1 aromatic rings. The topological polar surface area (TPSA) is 35.5 Å². The van der Waals surface area contributed by atoms with Gasteiger partial charge in [-0.05, 0) is 19.1 Å². The molecule has 2 unspecified atom stereocenters. The molecular weight excluding hydrogens is 228 g/mol. The summed E-state index contributed by atoms with van der Waals surface area (Å²) in [5.41, 5.74) is 0.774. The van der Waals surface area contributed by atoms with Crippen LogP contribution in [0.1, 0.15) is 25.5 Å². The third kappa shape index (κ3) is 3.77. The zero-order valence-electron chi connectivity index (χ0n) is 10.8. The maximum Gasteiger partial charge on any atom is 0.303 e. The molecule has 1 aromatic carbocycles. The molecule has 0 bridgehead atoms. The van der Waals surface area contributed by atoms with Crippen molar-refractivity contribution in [2.75, 3.05) is 0 Å². The summed E-state index contributed by atoms with van der Waals surface area (Å²) in [6, 6.07) is 7.40. The highest BCUT2D eigenvalue weighted by molar-refractivity contribution is 5.66. The molecule has 0 aliphatic carbocycles. The third-order valence-electron chi connectivity index (χ3n) is 2.38. The quantitative estimate of drug-likeness (QED) is 0.570. The van der Waals surface area contributed by atoms with Crippen LogP contribution in [0.15, 0.2) is 49.6 Å². The average molecular weight is 246 g/mol. The van der Waals surface area contributed by atoms with Crippen LogP contribution in [0.3, 0.4) is 0 Å². The monoisotopic (exact) mass is 246 g/mol. The molecule has 0 saturated carbocycles. The molecule has 3 heteroatoms. The second-order valence-electron chi connectivity index (χ2n) is 3.86. The zero-order valence-corrected chi connectivity index (χ0v) is 10.8. The number of hydrogen-bond acceptors (Lipinski definition) is 3. The highest BCUT2D eigenvalue weighted by Crippen LogP contribution is 2.29. The van der Waals surface area contributed by atoms with Gasteiger partial charge in [0.2, 0.25) is 0 Å². The molecule has 0 amide bonds. The van der Waals surface area contributed by atoms with E-state index in [0.717, 1.165) is 5.56 Å². The van der Waals surface area contributed by atoms with Crippen molar-refractivity contribution < 1.29 is 14.3 Å². The minimum atomic E-state index is -0.504. The van der Waals surface area contributed by atoms with Crippen molar-refractivity contribution in [3.63, 3.8) is 0 Å². The number of carbonyl (C=O) groups excluding carboxylic acids is 1. The Morgan fingerprint density at radius 3 is 2.50 bits per heavy atom. The van der Waals surface area contributed by atoms with Gasteiger partial charge in [0.25, 0.3) is 0 Å². The smallest absolute Gasteiger partial charge is 0.303 e. The van der Waals surface area contributed by atoms with E-state index in [2.05, 4.69) is 13.2 Å². The van der Waals surface area contributed by atoms with Crippen LogP contribution in [0, 0.1) is 0 Å². The average Bonchev–Trinajstić information content (AvgIpc) is 2.36. The summed E-state index contributed by atoms with van der Waals surface area (Å²) in [6.07, 6.45) is 2.65. The Hall–Kier alpha value is -2.03. The summed E-state index contributed by atoms with van der Waals surface area (Å²) in [4.78, 5) is 11.0. The van der Waals surface area contributed by atoms with Gasteiger partial charge in [0.1, 0.15) is 18.0 Å². The number of esters is 1. The Morgan fingerprint density at radius 1 is 1.28 bits per heavy atom. The highest BCUT2D eigenvalue weighted by atomic mass is 16.5. The van der Waals surface area contributed by atoms with Gasteiger partial charge >= 0.3 is 5.97 Å². The van der Waals surface area contributed by atoms with Gasteiger partial charge in [-0.3, -0.25) is 4.79 Å². The summed E-state index contributed by atoms with van der Waals surface area (Å²) in [6.45, 7) is 10.6. The summed E-state index contributed by atoms with van der Waals surface area (Å²) < 4.78 is 10.9. The van der Waals surface area contributed by atoms with Crippen LogP contribution >= 0.6 is 0 Å². The Bertz CT molecular complexity index is 437. The van der Waals surface area contributed by atoms with Crippen LogP contribution in [0.5, 0.6) is 5.75 Å². The fourth-order valence-corrected chi connectivity index (χ4v) is 1.49. The molecule has 0 aromatic heterocycles. The van der Waals surface area contributed by atoms with Crippen molar-refractivity contribution in [1.82, 2.24) is 0 Å². The number of rotatable bonds is 6. The van der Waals surface area contributed by atoms with Gasteiger partial charge in [-0.1, -0.05) is 37.4 Å². The molecule has 0 aliphatic rings. The van der Waals surface area contributed by atoms with E-state index in [9.17, 15) is 4.79 Å². The summed E-state index contributed by atoms with van der Waals surface area (Å²) in [7, 11) is 0. The van der Waals surface area contributed by atoms with E-state index in [-0.39, 0.29) is 12.1 Å². The van der Waals surface area contributed by atoms with E-state index in [4.69, 9.17) is 9.47 Å². The molecule has 3 nitrogen and oxygen atoms in total. The lowest BCUT2D eigenvalue weighted by Crippen LogP contribution is -2.12. The Kier molecular flexibility index (Phi) is 5.18. The molecule has 96 valence electrons.